The molecule has 1 aliphatic rings. The number of nitrogens with one attached hydrogen (secondary N) is 1. The molecule has 124 valence electrons. The Morgan fingerprint density at radius 1 is 1.38 bits per heavy atom. The van der Waals surface area contributed by atoms with Gasteiger partial charge in [-0.2, -0.15) is 4.31 Å². The van der Waals surface area contributed by atoms with Crippen LogP contribution in [0.15, 0.2) is 0 Å². The molecule has 21 heavy (non-hydrogen) atoms. The van der Waals surface area contributed by atoms with Crippen LogP contribution in [0.2, 0.25) is 0 Å². The van der Waals surface area contributed by atoms with Gasteiger partial charge in [0.25, 0.3) is 0 Å². The zero-order valence-electron chi connectivity index (χ0n) is 12.8. The molecule has 0 amide bonds. The van der Waals surface area contributed by atoms with E-state index in [0.29, 0.717) is 19.7 Å². The summed E-state index contributed by atoms with van der Waals surface area (Å²) in [5.41, 5.74) is 0. The largest absolute Gasteiger partial charge is 0.469 e. The Labute approximate surface area is 127 Å². The molecule has 0 spiro atoms. The average molecular weight is 322 g/mol. The third-order valence-electron chi connectivity index (χ3n) is 3.54. The highest BCUT2D eigenvalue weighted by Crippen LogP contribution is 2.12. The van der Waals surface area contributed by atoms with Gasteiger partial charge >= 0.3 is 5.97 Å². The minimum Gasteiger partial charge on any atom is -0.469 e. The lowest BCUT2D eigenvalue weighted by atomic mass is 10.2. The Morgan fingerprint density at radius 3 is 2.71 bits per heavy atom. The van der Waals surface area contributed by atoms with Crippen LogP contribution in [0.4, 0.5) is 0 Å². The van der Waals surface area contributed by atoms with Crippen molar-refractivity contribution >= 4 is 16.0 Å². The third kappa shape index (κ3) is 6.73. The molecule has 1 rings (SSSR count). The molecule has 1 fully saturated rings. The van der Waals surface area contributed by atoms with Crippen molar-refractivity contribution < 1.29 is 22.7 Å². The van der Waals surface area contributed by atoms with Gasteiger partial charge in [0.15, 0.2) is 0 Å². The lowest BCUT2D eigenvalue weighted by molar-refractivity contribution is -0.140. The number of esters is 1. The molecule has 1 atom stereocenters. The fourth-order valence-corrected chi connectivity index (χ4v) is 3.85. The number of hydrogen-bond donors (Lipinski definition) is 1. The Bertz CT molecular complexity index is 407. The molecule has 0 bridgehead atoms. The highest BCUT2D eigenvalue weighted by atomic mass is 32.2. The number of sulfonamides is 1. The number of ether oxygens (including phenoxy) is 2. The minimum absolute atomic E-state index is 0.0431. The topological polar surface area (TPSA) is 84.9 Å². The summed E-state index contributed by atoms with van der Waals surface area (Å²) in [7, 11) is -0.530. The van der Waals surface area contributed by atoms with Gasteiger partial charge in [-0.15, -0.1) is 0 Å². The fourth-order valence-electron chi connectivity index (χ4n) is 2.33. The second kappa shape index (κ2) is 9.34. The number of carbonyl (C=O) groups is 1. The predicted octanol–water partition coefficient (Wildman–Crippen LogP) is -0.0302. The smallest absolute Gasteiger partial charge is 0.305 e. The maximum atomic E-state index is 12.4. The van der Waals surface area contributed by atoms with E-state index >= 15 is 0 Å². The van der Waals surface area contributed by atoms with Gasteiger partial charge in [0, 0.05) is 32.7 Å². The van der Waals surface area contributed by atoms with E-state index in [1.807, 2.05) is 0 Å². The Kier molecular flexibility index (Phi) is 8.16. The first-order chi connectivity index (χ1) is 9.99. The summed E-state index contributed by atoms with van der Waals surface area (Å²) in [5, 5.41) is 3.30. The van der Waals surface area contributed by atoms with Crippen molar-refractivity contribution in [2.24, 2.45) is 0 Å². The van der Waals surface area contributed by atoms with Crippen molar-refractivity contribution in [1.82, 2.24) is 9.62 Å². The van der Waals surface area contributed by atoms with Crippen molar-refractivity contribution in [1.29, 1.82) is 0 Å². The summed E-state index contributed by atoms with van der Waals surface area (Å²) in [6.07, 6.45) is 2.46. The molecule has 1 heterocycles. The molecular weight excluding hydrogens is 296 g/mol. The Hall–Kier alpha value is -0.700. The van der Waals surface area contributed by atoms with Crippen LogP contribution in [0.5, 0.6) is 0 Å². The molecule has 0 radical (unpaired) electrons. The van der Waals surface area contributed by atoms with Crippen molar-refractivity contribution in [2.45, 2.75) is 31.7 Å². The normalized spacial score (nSPS) is 19.1. The van der Waals surface area contributed by atoms with E-state index in [-0.39, 0.29) is 30.6 Å². The molecule has 0 aromatic heterocycles. The Morgan fingerprint density at radius 2 is 2.14 bits per heavy atom. The molecule has 7 nitrogen and oxygen atoms in total. The van der Waals surface area contributed by atoms with Gasteiger partial charge in [-0.1, -0.05) is 0 Å². The van der Waals surface area contributed by atoms with Crippen LogP contribution in [-0.2, 0) is 24.3 Å². The summed E-state index contributed by atoms with van der Waals surface area (Å²) >= 11 is 0. The molecule has 1 unspecified atom stereocenters. The van der Waals surface area contributed by atoms with Crippen LogP contribution >= 0.6 is 0 Å². The minimum atomic E-state index is -3.38. The van der Waals surface area contributed by atoms with Gasteiger partial charge in [0.05, 0.1) is 19.5 Å². The predicted molar refractivity (Wildman–Crippen MR) is 79.5 cm³/mol. The number of rotatable bonds is 10. The molecular formula is C13H26N2O5S. The maximum absolute atomic E-state index is 12.4. The number of carbonyl (C=O) groups excluding carboxylic acids is 1. The molecule has 1 saturated heterocycles. The molecule has 8 heteroatoms. The second-order valence-corrected chi connectivity index (χ2v) is 7.23. The highest BCUT2D eigenvalue weighted by molar-refractivity contribution is 7.89. The van der Waals surface area contributed by atoms with Crippen LogP contribution in [0.25, 0.3) is 0 Å². The average Bonchev–Trinajstić information content (AvgIpc) is 2.95. The van der Waals surface area contributed by atoms with E-state index in [9.17, 15) is 13.2 Å². The van der Waals surface area contributed by atoms with Crippen LogP contribution in [0.1, 0.15) is 25.7 Å². The van der Waals surface area contributed by atoms with E-state index in [2.05, 4.69) is 10.1 Å². The zero-order valence-corrected chi connectivity index (χ0v) is 13.7. The molecule has 0 aromatic rings. The summed E-state index contributed by atoms with van der Waals surface area (Å²) < 4.78 is 35.8. The fraction of sp³-hybridized carbons (Fsp3) is 0.923. The van der Waals surface area contributed by atoms with Crippen LogP contribution in [0.3, 0.4) is 0 Å². The summed E-state index contributed by atoms with van der Waals surface area (Å²) in [6.45, 7) is 2.10. The zero-order chi connectivity index (χ0) is 15.7. The maximum Gasteiger partial charge on any atom is 0.305 e. The standard InChI is InChI=1S/C13H26N2O5S/c1-19-9-8-15(11-12-5-3-7-14-12)21(17,18)10-4-6-13(16)20-2/h12,14H,3-11H2,1-2H3. The SMILES string of the molecule is COCCN(CC1CCCN1)S(=O)(=O)CCCC(=O)OC. The molecule has 0 aliphatic carbocycles. The number of nitrogens with zero attached hydrogens (tertiary/aromatic N) is 1. The van der Waals surface area contributed by atoms with Crippen molar-refractivity contribution in [2.75, 3.05) is 46.2 Å². The number of hydrogen-bond acceptors (Lipinski definition) is 6. The van der Waals surface area contributed by atoms with E-state index in [4.69, 9.17) is 4.74 Å². The van der Waals surface area contributed by atoms with Gasteiger partial charge in [-0.05, 0) is 25.8 Å². The van der Waals surface area contributed by atoms with E-state index in [0.717, 1.165) is 19.4 Å². The van der Waals surface area contributed by atoms with Crippen molar-refractivity contribution in [3.63, 3.8) is 0 Å². The molecule has 0 aromatic carbocycles. The summed E-state index contributed by atoms with van der Waals surface area (Å²) in [4.78, 5) is 11.1. The van der Waals surface area contributed by atoms with E-state index < -0.39 is 10.0 Å². The summed E-state index contributed by atoms with van der Waals surface area (Å²) in [6, 6.07) is 0.206. The van der Waals surface area contributed by atoms with Gasteiger partial charge in [0.2, 0.25) is 10.0 Å². The van der Waals surface area contributed by atoms with Gasteiger partial charge in [-0.25, -0.2) is 8.42 Å². The van der Waals surface area contributed by atoms with Crippen LogP contribution in [-0.4, -0.2) is 70.9 Å². The first-order valence-corrected chi connectivity index (χ1v) is 8.87. The quantitative estimate of drug-likeness (QED) is 0.569. The first kappa shape index (κ1) is 18.3. The van der Waals surface area contributed by atoms with Crippen molar-refractivity contribution in [3.05, 3.63) is 0 Å². The number of methoxy groups -OCH3 is 2. The molecule has 0 saturated carbocycles. The Balaban J connectivity index is 2.54. The third-order valence-corrected chi connectivity index (χ3v) is 5.46. The lowest BCUT2D eigenvalue weighted by Gasteiger charge is -2.25. The van der Waals surface area contributed by atoms with Crippen LogP contribution < -0.4 is 5.32 Å². The van der Waals surface area contributed by atoms with Gasteiger partial charge < -0.3 is 14.8 Å². The van der Waals surface area contributed by atoms with Crippen LogP contribution in [0, 0.1) is 0 Å². The highest BCUT2D eigenvalue weighted by Gasteiger charge is 2.26. The first-order valence-electron chi connectivity index (χ1n) is 7.26. The van der Waals surface area contributed by atoms with E-state index in [1.165, 1.54) is 11.4 Å². The molecule has 1 aliphatic heterocycles. The molecule has 1 N–H and O–H groups in total. The lowest BCUT2D eigenvalue weighted by Crippen LogP contribution is -2.43. The second-order valence-electron chi connectivity index (χ2n) is 5.14. The van der Waals surface area contributed by atoms with E-state index in [1.54, 1.807) is 7.11 Å². The summed E-state index contributed by atoms with van der Waals surface area (Å²) in [5.74, 6) is -0.426. The van der Waals surface area contributed by atoms with Gasteiger partial charge in [0.1, 0.15) is 0 Å². The van der Waals surface area contributed by atoms with Crippen molar-refractivity contribution in [3.8, 4) is 0 Å². The monoisotopic (exact) mass is 322 g/mol. The van der Waals surface area contributed by atoms with Gasteiger partial charge in [-0.3, -0.25) is 4.79 Å².